The first-order valence-corrected chi connectivity index (χ1v) is 14.3. The minimum Gasteiger partial charge on any atom is -0.491 e. The summed E-state index contributed by atoms with van der Waals surface area (Å²) in [6.07, 6.45) is 5.64. The van der Waals surface area contributed by atoms with E-state index < -0.39 is 11.5 Å². The maximum atomic E-state index is 13.4. The SMILES string of the molecule is CC1CCC(C(=O)C(C)(C)Nc2cc(-c3ccc4c(c3)OCCn3c-4nc4ncccc43)sc2C(=O)O)CC1. The number of aromatic nitrogens is 3. The van der Waals surface area contributed by atoms with Crippen LogP contribution in [0.25, 0.3) is 33.0 Å². The molecule has 0 radical (unpaired) electrons. The van der Waals surface area contributed by atoms with E-state index in [1.165, 1.54) is 11.3 Å². The normalized spacial score (nSPS) is 19.1. The van der Waals surface area contributed by atoms with Crippen molar-refractivity contribution in [2.24, 2.45) is 11.8 Å². The van der Waals surface area contributed by atoms with Gasteiger partial charge in [-0.1, -0.05) is 25.8 Å². The maximum Gasteiger partial charge on any atom is 0.348 e. The Morgan fingerprint density at radius 2 is 1.95 bits per heavy atom. The van der Waals surface area contributed by atoms with E-state index in [1.807, 2.05) is 50.2 Å². The van der Waals surface area contributed by atoms with Gasteiger partial charge in [0.2, 0.25) is 0 Å². The first-order chi connectivity index (χ1) is 18.7. The molecule has 0 bridgehead atoms. The van der Waals surface area contributed by atoms with Gasteiger partial charge in [0.05, 0.1) is 28.9 Å². The van der Waals surface area contributed by atoms with Crippen LogP contribution in [0.4, 0.5) is 5.69 Å². The molecule has 9 heteroatoms. The van der Waals surface area contributed by atoms with E-state index in [4.69, 9.17) is 9.72 Å². The zero-order valence-electron chi connectivity index (χ0n) is 22.4. The van der Waals surface area contributed by atoms with Gasteiger partial charge in [-0.15, -0.1) is 11.3 Å². The summed E-state index contributed by atoms with van der Waals surface area (Å²) in [6, 6.07) is 11.6. The number of thiophene rings is 1. The summed E-state index contributed by atoms with van der Waals surface area (Å²) in [5, 5.41) is 13.3. The van der Waals surface area contributed by atoms with Crippen molar-refractivity contribution in [1.29, 1.82) is 0 Å². The fraction of sp³-hybridized carbons (Fsp3) is 0.400. The number of benzene rings is 1. The van der Waals surface area contributed by atoms with E-state index in [1.54, 1.807) is 6.20 Å². The first kappa shape index (κ1) is 25.6. The average molecular weight is 545 g/mol. The lowest BCUT2D eigenvalue weighted by molar-refractivity contribution is -0.127. The number of rotatable bonds is 6. The van der Waals surface area contributed by atoms with Crippen LogP contribution in [0.15, 0.2) is 42.6 Å². The van der Waals surface area contributed by atoms with Gasteiger partial charge in [0, 0.05) is 17.0 Å². The highest BCUT2D eigenvalue weighted by molar-refractivity contribution is 7.18. The molecule has 1 saturated carbocycles. The molecular weight excluding hydrogens is 512 g/mol. The number of ether oxygens (including phenoxy) is 1. The van der Waals surface area contributed by atoms with E-state index >= 15 is 0 Å². The van der Waals surface area contributed by atoms with Crippen LogP contribution in [0.2, 0.25) is 0 Å². The van der Waals surface area contributed by atoms with Gasteiger partial charge < -0.3 is 19.7 Å². The number of hydrogen-bond acceptors (Lipinski definition) is 7. The number of Topliss-reactive ketones (excluding diaryl/α,β-unsaturated/α-hetero) is 1. The van der Waals surface area contributed by atoms with Crippen LogP contribution in [0.1, 0.15) is 56.1 Å². The van der Waals surface area contributed by atoms with Crippen molar-refractivity contribution in [1.82, 2.24) is 14.5 Å². The van der Waals surface area contributed by atoms with Gasteiger partial charge in [0.15, 0.2) is 11.4 Å². The number of anilines is 1. The topological polar surface area (TPSA) is 106 Å². The van der Waals surface area contributed by atoms with E-state index in [0.717, 1.165) is 53.0 Å². The predicted molar refractivity (Wildman–Crippen MR) is 153 cm³/mol. The highest BCUT2D eigenvalue weighted by atomic mass is 32.1. The maximum absolute atomic E-state index is 13.4. The van der Waals surface area contributed by atoms with Crippen molar-refractivity contribution in [3.8, 4) is 27.6 Å². The molecule has 202 valence electrons. The first-order valence-electron chi connectivity index (χ1n) is 13.5. The average Bonchev–Trinajstić information content (AvgIpc) is 3.45. The monoisotopic (exact) mass is 544 g/mol. The molecule has 0 spiro atoms. The minimum atomic E-state index is -1.02. The lowest BCUT2D eigenvalue weighted by Crippen LogP contribution is -2.45. The number of hydrogen-bond donors (Lipinski definition) is 2. The van der Waals surface area contributed by atoms with Crippen molar-refractivity contribution < 1.29 is 19.4 Å². The summed E-state index contributed by atoms with van der Waals surface area (Å²) in [5.74, 6) is 1.30. The van der Waals surface area contributed by atoms with Crippen molar-refractivity contribution in [3.63, 3.8) is 0 Å². The quantitative estimate of drug-likeness (QED) is 0.285. The molecule has 1 fully saturated rings. The number of nitrogens with one attached hydrogen (secondary N) is 1. The Bertz CT molecular complexity index is 1580. The lowest BCUT2D eigenvalue weighted by Gasteiger charge is -2.33. The molecule has 4 heterocycles. The van der Waals surface area contributed by atoms with Crippen LogP contribution >= 0.6 is 11.3 Å². The number of carbonyl (C=O) groups is 2. The molecule has 1 aliphatic heterocycles. The molecule has 3 aromatic heterocycles. The van der Waals surface area contributed by atoms with Gasteiger partial charge in [-0.3, -0.25) is 4.79 Å². The van der Waals surface area contributed by atoms with Gasteiger partial charge in [-0.2, -0.15) is 0 Å². The second-order valence-corrected chi connectivity index (χ2v) is 12.3. The van der Waals surface area contributed by atoms with Crippen molar-refractivity contribution in [2.75, 3.05) is 11.9 Å². The smallest absolute Gasteiger partial charge is 0.348 e. The molecule has 2 aliphatic rings. The van der Waals surface area contributed by atoms with Crippen LogP contribution in [-0.4, -0.2) is 43.5 Å². The molecule has 39 heavy (non-hydrogen) atoms. The zero-order chi connectivity index (χ0) is 27.3. The molecular formula is C30H32N4O4S. The molecule has 4 aromatic rings. The van der Waals surface area contributed by atoms with E-state index in [0.29, 0.717) is 36.2 Å². The van der Waals surface area contributed by atoms with Crippen LogP contribution < -0.4 is 10.1 Å². The third kappa shape index (κ3) is 4.69. The Morgan fingerprint density at radius 3 is 2.72 bits per heavy atom. The lowest BCUT2D eigenvalue weighted by atomic mass is 9.76. The second-order valence-electron chi connectivity index (χ2n) is 11.2. The second kappa shape index (κ2) is 9.79. The van der Waals surface area contributed by atoms with Gasteiger partial charge in [0.1, 0.15) is 23.1 Å². The largest absolute Gasteiger partial charge is 0.491 e. The fourth-order valence-corrected chi connectivity index (χ4v) is 6.78. The van der Waals surface area contributed by atoms with Crippen LogP contribution in [-0.2, 0) is 11.3 Å². The number of imidazole rings is 1. The van der Waals surface area contributed by atoms with Crippen LogP contribution in [0, 0.1) is 11.8 Å². The predicted octanol–water partition coefficient (Wildman–Crippen LogP) is 6.50. The summed E-state index contributed by atoms with van der Waals surface area (Å²) in [6.45, 7) is 7.08. The Kier molecular flexibility index (Phi) is 6.41. The number of aromatic carboxylic acids is 1. The number of nitrogens with zero attached hydrogens (tertiary/aromatic N) is 3. The van der Waals surface area contributed by atoms with Crippen molar-refractivity contribution in [2.45, 2.75) is 58.5 Å². The number of carbonyl (C=O) groups excluding carboxylic acids is 1. The van der Waals surface area contributed by atoms with Crippen LogP contribution in [0.5, 0.6) is 5.75 Å². The van der Waals surface area contributed by atoms with Crippen molar-refractivity contribution in [3.05, 3.63) is 47.5 Å². The highest BCUT2D eigenvalue weighted by Crippen LogP contribution is 2.42. The van der Waals surface area contributed by atoms with Gasteiger partial charge in [-0.25, -0.2) is 14.8 Å². The molecule has 0 amide bonds. The molecule has 0 atom stereocenters. The van der Waals surface area contributed by atoms with Gasteiger partial charge in [-0.05, 0) is 68.5 Å². The molecule has 1 aliphatic carbocycles. The third-order valence-corrected chi connectivity index (χ3v) is 9.15. The Hall–Kier alpha value is -3.72. The number of pyridine rings is 1. The number of fused-ring (bicyclic) bond motifs is 5. The molecule has 0 saturated heterocycles. The summed E-state index contributed by atoms with van der Waals surface area (Å²) in [7, 11) is 0. The van der Waals surface area contributed by atoms with Gasteiger partial charge in [0.25, 0.3) is 0 Å². The summed E-state index contributed by atoms with van der Waals surface area (Å²) < 4.78 is 8.24. The van der Waals surface area contributed by atoms with Crippen molar-refractivity contribution >= 4 is 39.9 Å². The molecule has 0 unspecified atom stereocenters. The Labute approximate surface area is 231 Å². The molecule has 2 N–H and O–H groups in total. The summed E-state index contributed by atoms with van der Waals surface area (Å²) >= 11 is 1.19. The number of ketones is 1. The van der Waals surface area contributed by atoms with Gasteiger partial charge >= 0.3 is 5.97 Å². The van der Waals surface area contributed by atoms with Crippen LogP contribution in [0.3, 0.4) is 0 Å². The van der Waals surface area contributed by atoms with E-state index in [2.05, 4.69) is 21.8 Å². The summed E-state index contributed by atoms with van der Waals surface area (Å²) in [5.41, 5.74) is 2.97. The zero-order valence-corrected chi connectivity index (χ0v) is 23.2. The molecule has 1 aromatic carbocycles. The molecule has 6 rings (SSSR count). The minimum absolute atomic E-state index is 0.0104. The fourth-order valence-electron chi connectivity index (χ4n) is 5.83. The van der Waals surface area contributed by atoms with E-state index in [9.17, 15) is 14.7 Å². The van der Waals surface area contributed by atoms with E-state index in [-0.39, 0.29) is 16.6 Å². The Morgan fingerprint density at radius 1 is 1.15 bits per heavy atom. The number of carboxylic acid groups (broad SMARTS) is 1. The number of carboxylic acids is 1. The standard InChI is InChI=1S/C30H32N4O4S/c1-17-6-8-18(9-7-17)26(35)30(2,3)33-21-16-24(39-25(21)29(36)37)19-10-11-20-23(15-19)38-14-13-34-22-5-4-12-31-27(22)32-28(20)34/h4-5,10-12,15-18,33H,6-9,13-14H2,1-3H3,(H,36,37). The Balaban J connectivity index is 1.31. The summed E-state index contributed by atoms with van der Waals surface area (Å²) in [4.78, 5) is 35.7. The third-order valence-electron chi connectivity index (χ3n) is 7.98. The molecule has 8 nitrogen and oxygen atoms in total. The highest BCUT2D eigenvalue weighted by Gasteiger charge is 2.36.